The van der Waals surface area contributed by atoms with Crippen molar-refractivity contribution in [2.45, 2.75) is 12.5 Å². The van der Waals surface area contributed by atoms with Gasteiger partial charge in [0.05, 0.1) is 7.11 Å². The quantitative estimate of drug-likeness (QED) is 0.655. The van der Waals surface area contributed by atoms with Crippen LogP contribution >= 0.6 is 0 Å². The number of hydrogen-bond acceptors (Lipinski definition) is 4. The maximum atomic E-state index is 13.1. The highest BCUT2D eigenvalue weighted by molar-refractivity contribution is 5.76. The number of amides is 1. The summed E-state index contributed by atoms with van der Waals surface area (Å²) in [6.45, 7) is 0. The molecule has 17 heavy (non-hydrogen) atoms. The second-order valence-electron chi connectivity index (χ2n) is 3.50. The highest BCUT2D eigenvalue weighted by atomic mass is 19.1. The average Bonchev–Trinajstić information content (AvgIpc) is 2.29. The van der Waals surface area contributed by atoms with E-state index in [1.165, 1.54) is 25.3 Å². The van der Waals surface area contributed by atoms with Gasteiger partial charge in [-0.15, -0.1) is 0 Å². The van der Waals surface area contributed by atoms with Gasteiger partial charge in [-0.3, -0.25) is 10.2 Å². The molecule has 0 fully saturated rings. The molecular formula is C11H16FN3O2. The minimum atomic E-state index is -0.617. The van der Waals surface area contributed by atoms with Gasteiger partial charge >= 0.3 is 0 Å². The van der Waals surface area contributed by atoms with Crippen molar-refractivity contribution in [3.8, 4) is 5.75 Å². The SMILES string of the molecule is CNNC(=O)CC(N)c1cc(F)ccc1OC. The van der Waals surface area contributed by atoms with Gasteiger partial charge in [0.25, 0.3) is 0 Å². The van der Waals surface area contributed by atoms with Crippen LogP contribution in [0.25, 0.3) is 0 Å². The number of ether oxygens (including phenoxy) is 1. The number of rotatable bonds is 5. The van der Waals surface area contributed by atoms with Gasteiger partial charge < -0.3 is 10.5 Å². The molecule has 1 atom stereocenters. The summed E-state index contributed by atoms with van der Waals surface area (Å²) in [5, 5.41) is 0. The zero-order valence-electron chi connectivity index (χ0n) is 9.79. The first-order valence-corrected chi connectivity index (χ1v) is 5.13. The van der Waals surface area contributed by atoms with Gasteiger partial charge in [0.15, 0.2) is 0 Å². The Balaban J connectivity index is 2.83. The highest BCUT2D eigenvalue weighted by Gasteiger charge is 2.16. The molecule has 1 unspecified atom stereocenters. The van der Waals surface area contributed by atoms with Gasteiger partial charge in [-0.1, -0.05) is 0 Å². The topological polar surface area (TPSA) is 76.4 Å². The van der Waals surface area contributed by atoms with Gasteiger partial charge in [0.2, 0.25) is 5.91 Å². The fourth-order valence-corrected chi connectivity index (χ4v) is 1.50. The lowest BCUT2D eigenvalue weighted by molar-refractivity contribution is -0.122. The van der Waals surface area contributed by atoms with E-state index in [1.807, 2.05) is 0 Å². The van der Waals surface area contributed by atoms with Crippen LogP contribution in [0.4, 0.5) is 4.39 Å². The molecule has 4 N–H and O–H groups in total. The number of carbonyl (C=O) groups excluding carboxylic acids is 1. The molecule has 0 aliphatic rings. The van der Waals surface area contributed by atoms with Gasteiger partial charge in [-0.05, 0) is 18.2 Å². The molecule has 0 heterocycles. The van der Waals surface area contributed by atoms with E-state index in [2.05, 4.69) is 10.9 Å². The Bertz CT molecular complexity index is 398. The summed E-state index contributed by atoms with van der Waals surface area (Å²) < 4.78 is 18.2. The second-order valence-corrected chi connectivity index (χ2v) is 3.50. The summed E-state index contributed by atoms with van der Waals surface area (Å²) >= 11 is 0. The van der Waals surface area contributed by atoms with Crippen LogP contribution in [0.1, 0.15) is 18.0 Å². The number of benzene rings is 1. The molecule has 0 bridgehead atoms. The largest absolute Gasteiger partial charge is 0.496 e. The third-order valence-corrected chi connectivity index (χ3v) is 2.26. The Labute approximate surface area is 99.1 Å². The monoisotopic (exact) mass is 241 g/mol. The summed E-state index contributed by atoms with van der Waals surface area (Å²) in [6.07, 6.45) is 0.0423. The number of nitrogens with one attached hydrogen (secondary N) is 2. The molecule has 1 aromatic carbocycles. The first-order valence-electron chi connectivity index (χ1n) is 5.13. The van der Waals surface area contributed by atoms with Crippen molar-refractivity contribution in [1.29, 1.82) is 0 Å². The van der Waals surface area contributed by atoms with Crippen LogP contribution in [0.2, 0.25) is 0 Å². The van der Waals surface area contributed by atoms with Crippen LogP contribution in [0, 0.1) is 5.82 Å². The van der Waals surface area contributed by atoms with Crippen LogP contribution in [-0.2, 0) is 4.79 Å². The lowest BCUT2D eigenvalue weighted by Gasteiger charge is -2.15. The molecule has 0 spiro atoms. The Kier molecular flexibility index (Phi) is 4.86. The van der Waals surface area contributed by atoms with E-state index in [1.54, 1.807) is 7.05 Å². The highest BCUT2D eigenvalue weighted by Crippen LogP contribution is 2.26. The third kappa shape index (κ3) is 3.69. The predicted molar refractivity (Wildman–Crippen MR) is 61.7 cm³/mol. The summed E-state index contributed by atoms with van der Waals surface area (Å²) in [5.41, 5.74) is 11.2. The molecule has 0 aliphatic heterocycles. The fourth-order valence-electron chi connectivity index (χ4n) is 1.50. The molecule has 0 aliphatic carbocycles. The van der Waals surface area contributed by atoms with Crippen molar-refractivity contribution in [1.82, 2.24) is 10.9 Å². The minimum absolute atomic E-state index is 0.0423. The standard InChI is InChI=1S/C11H16FN3O2/c1-14-15-11(16)6-9(13)8-5-7(12)3-4-10(8)17-2/h3-5,9,14H,6,13H2,1-2H3,(H,15,16). The van der Waals surface area contributed by atoms with E-state index in [-0.39, 0.29) is 12.3 Å². The summed E-state index contributed by atoms with van der Waals surface area (Å²) in [5.74, 6) is -0.215. The summed E-state index contributed by atoms with van der Waals surface area (Å²) in [6, 6.07) is 3.42. The van der Waals surface area contributed by atoms with Gasteiger partial charge in [0, 0.05) is 25.1 Å². The zero-order chi connectivity index (χ0) is 12.8. The van der Waals surface area contributed by atoms with E-state index in [9.17, 15) is 9.18 Å². The normalized spacial score (nSPS) is 12.0. The number of halogens is 1. The molecule has 94 valence electrons. The molecule has 0 saturated carbocycles. The van der Waals surface area contributed by atoms with E-state index in [4.69, 9.17) is 10.5 Å². The first-order chi connectivity index (χ1) is 8.08. The number of methoxy groups -OCH3 is 1. The first kappa shape index (κ1) is 13.4. The van der Waals surface area contributed by atoms with E-state index in [0.717, 1.165) is 0 Å². The van der Waals surface area contributed by atoms with Crippen LogP contribution < -0.4 is 21.3 Å². The van der Waals surface area contributed by atoms with E-state index in [0.29, 0.717) is 11.3 Å². The molecule has 1 rings (SSSR count). The number of carbonyl (C=O) groups is 1. The van der Waals surface area contributed by atoms with Crippen LogP contribution in [-0.4, -0.2) is 20.1 Å². The summed E-state index contributed by atoms with van der Waals surface area (Å²) in [4.78, 5) is 11.3. The lowest BCUT2D eigenvalue weighted by Crippen LogP contribution is -2.36. The van der Waals surface area contributed by atoms with Crippen molar-refractivity contribution in [3.05, 3.63) is 29.6 Å². The van der Waals surface area contributed by atoms with Crippen molar-refractivity contribution in [2.24, 2.45) is 5.73 Å². The summed E-state index contributed by atoms with van der Waals surface area (Å²) in [7, 11) is 3.04. The average molecular weight is 241 g/mol. The molecular weight excluding hydrogens is 225 g/mol. The second kappa shape index (κ2) is 6.17. The number of nitrogens with two attached hydrogens (primary N) is 1. The molecule has 1 amide bonds. The smallest absolute Gasteiger partial charge is 0.235 e. The van der Waals surface area contributed by atoms with Crippen molar-refractivity contribution >= 4 is 5.91 Å². The Morgan fingerprint density at radius 1 is 1.59 bits per heavy atom. The van der Waals surface area contributed by atoms with Crippen molar-refractivity contribution in [3.63, 3.8) is 0 Å². The zero-order valence-corrected chi connectivity index (χ0v) is 9.79. The predicted octanol–water partition coefficient (Wildman–Crippen LogP) is 0.475. The van der Waals surface area contributed by atoms with Crippen LogP contribution in [0.5, 0.6) is 5.75 Å². The maximum absolute atomic E-state index is 13.1. The Morgan fingerprint density at radius 3 is 2.88 bits per heavy atom. The molecule has 0 aromatic heterocycles. The number of hydrazine groups is 1. The maximum Gasteiger partial charge on any atom is 0.235 e. The van der Waals surface area contributed by atoms with Crippen molar-refractivity contribution < 1.29 is 13.9 Å². The molecule has 5 nitrogen and oxygen atoms in total. The van der Waals surface area contributed by atoms with Crippen LogP contribution in [0.3, 0.4) is 0 Å². The van der Waals surface area contributed by atoms with Crippen molar-refractivity contribution in [2.75, 3.05) is 14.2 Å². The number of hydrogen-bond donors (Lipinski definition) is 3. The van der Waals surface area contributed by atoms with E-state index >= 15 is 0 Å². The fraction of sp³-hybridized carbons (Fsp3) is 0.364. The lowest BCUT2D eigenvalue weighted by atomic mass is 10.0. The van der Waals surface area contributed by atoms with Gasteiger partial charge in [0.1, 0.15) is 11.6 Å². The van der Waals surface area contributed by atoms with Gasteiger partial charge in [-0.2, -0.15) is 0 Å². The van der Waals surface area contributed by atoms with Crippen LogP contribution in [0.15, 0.2) is 18.2 Å². The molecule has 0 radical (unpaired) electrons. The molecule has 6 heteroatoms. The molecule has 1 aromatic rings. The molecule has 0 saturated heterocycles. The van der Waals surface area contributed by atoms with E-state index < -0.39 is 11.9 Å². The van der Waals surface area contributed by atoms with Gasteiger partial charge in [-0.25, -0.2) is 9.82 Å². The Hall–Kier alpha value is -1.66. The minimum Gasteiger partial charge on any atom is -0.496 e. The third-order valence-electron chi connectivity index (χ3n) is 2.26. The Morgan fingerprint density at radius 2 is 2.29 bits per heavy atom.